The smallest absolute Gasteiger partial charge is 0.257 e. The number of aromatic amines is 1. The quantitative estimate of drug-likeness (QED) is 0.708. The molecular weight excluding hydrogens is 332 g/mol. The van der Waals surface area contributed by atoms with Crippen LogP contribution in [0.3, 0.4) is 0 Å². The van der Waals surface area contributed by atoms with Crippen molar-refractivity contribution in [3.05, 3.63) is 63.2 Å². The number of carbonyl (C=O) groups is 1. The lowest BCUT2D eigenvalue weighted by molar-refractivity contribution is 0.0949. The number of carbonyl (C=O) groups excluding carboxylic acids is 1. The fourth-order valence-corrected chi connectivity index (χ4v) is 2.99. The topological polar surface area (TPSA) is 89.0 Å². The summed E-state index contributed by atoms with van der Waals surface area (Å²) < 4.78 is 6.95. The normalized spacial score (nSPS) is 11.0. The average molecular weight is 354 g/mol. The molecule has 0 unspecified atom stereocenters. The van der Waals surface area contributed by atoms with Gasteiger partial charge in [-0.3, -0.25) is 14.3 Å². The van der Waals surface area contributed by atoms with Gasteiger partial charge in [-0.05, 0) is 26.0 Å². The molecule has 0 saturated carbocycles. The number of pyridine rings is 1. The number of fused-ring (bicyclic) bond motifs is 1. The van der Waals surface area contributed by atoms with Crippen molar-refractivity contribution in [3.8, 4) is 0 Å². The van der Waals surface area contributed by atoms with Crippen LogP contribution in [-0.4, -0.2) is 34.4 Å². The van der Waals surface area contributed by atoms with Crippen molar-refractivity contribution in [2.24, 2.45) is 0 Å². The molecule has 0 fully saturated rings. The second-order valence-electron chi connectivity index (χ2n) is 6.13. The molecule has 0 spiro atoms. The van der Waals surface area contributed by atoms with Crippen molar-refractivity contribution in [1.29, 1.82) is 0 Å². The van der Waals surface area contributed by atoms with Gasteiger partial charge in [-0.15, -0.1) is 0 Å². The van der Waals surface area contributed by atoms with E-state index in [2.05, 4.69) is 15.4 Å². The Labute approximate surface area is 151 Å². The Bertz CT molecular complexity index is 1000. The highest BCUT2D eigenvalue weighted by Gasteiger charge is 2.16. The van der Waals surface area contributed by atoms with Crippen molar-refractivity contribution >= 4 is 16.8 Å². The van der Waals surface area contributed by atoms with E-state index < -0.39 is 5.91 Å². The number of methoxy groups -OCH3 is 1. The van der Waals surface area contributed by atoms with E-state index in [0.717, 1.165) is 17.0 Å². The number of amides is 1. The van der Waals surface area contributed by atoms with Gasteiger partial charge in [-0.25, -0.2) is 0 Å². The summed E-state index contributed by atoms with van der Waals surface area (Å²) in [6, 6.07) is 7.13. The minimum atomic E-state index is -0.402. The average Bonchev–Trinajstić information content (AvgIpc) is 2.91. The number of ether oxygens (including phenoxy) is 1. The molecule has 3 rings (SSSR count). The third kappa shape index (κ3) is 3.39. The number of hydrogen-bond acceptors (Lipinski definition) is 4. The van der Waals surface area contributed by atoms with E-state index in [1.807, 2.05) is 24.6 Å². The Morgan fingerprint density at radius 1 is 1.31 bits per heavy atom. The SMILES string of the molecule is COCCn1nc(C)c(CNC(=O)c2c[nH]c3ccccc3c2=O)c1C. The predicted molar refractivity (Wildman–Crippen MR) is 99.3 cm³/mol. The van der Waals surface area contributed by atoms with Gasteiger partial charge in [0.05, 0.1) is 18.8 Å². The molecule has 0 aliphatic rings. The van der Waals surface area contributed by atoms with Gasteiger partial charge in [0.2, 0.25) is 5.43 Å². The third-order valence-corrected chi connectivity index (χ3v) is 4.50. The highest BCUT2D eigenvalue weighted by atomic mass is 16.5. The van der Waals surface area contributed by atoms with Gasteiger partial charge in [0, 0.05) is 42.0 Å². The van der Waals surface area contributed by atoms with Crippen molar-refractivity contribution in [1.82, 2.24) is 20.1 Å². The van der Waals surface area contributed by atoms with Crippen LogP contribution in [0.1, 0.15) is 27.3 Å². The molecule has 2 heterocycles. The van der Waals surface area contributed by atoms with Crippen LogP contribution in [0.25, 0.3) is 10.9 Å². The molecule has 7 heteroatoms. The zero-order valence-electron chi connectivity index (χ0n) is 15.1. The molecule has 0 saturated heterocycles. The number of H-pyrrole nitrogens is 1. The maximum absolute atomic E-state index is 12.5. The van der Waals surface area contributed by atoms with E-state index in [0.29, 0.717) is 30.6 Å². The highest BCUT2D eigenvalue weighted by molar-refractivity contribution is 5.97. The van der Waals surface area contributed by atoms with Crippen LogP contribution in [0.4, 0.5) is 0 Å². The van der Waals surface area contributed by atoms with Gasteiger partial charge in [0.25, 0.3) is 5.91 Å². The number of aromatic nitrogens is 3. The van der Waals surface area contributed by atoms with Gasteiger partial charge in [0.15, 0.2) is 0 Å². The summed E-state index contributed by atoms with van der Waals surface area (Å²) in [6.07, 6.45) is 1.46. The Hall–Kier alpha value is -2.93. The van der Waals surface area contributed by atoms with Crippen LogP contribution < -0.4 is 10.7 Å². The molecule has 2 N–H and O–H groups in total. The lowest BCUT2D eigenvalue weighted by Crippen LogP contribution is -2.28. The van der Waals surface area contributed by atoms with Crippen LogP contribution in [0.2, 0.25) is 0 Å². The first-order valence-electron chi connectivity index (χ1n) is 8.43. The van der Waals surface area contributed by atoms with Crippen LogP contribution in [0, 0.1) is 13.8 Å². The van der Waals surface area contributed by atoms with E-state index in [-0.39, 0.29) is 11.0 Å². The minimum absolute atomic E-state index is 0.103. The number of aryl methyl sites for hydroxylation is 1. The summed E-state index contributed by atoms with van der Waals surface area (Å²) >= 11 is 0. The van der Waals surface area contributed by atoms with Crippen LogP contribution in [0.15, 0.2) is 35.3 Å². The molecule has 7 nitrogen and oxygen atoms in total. The van der Waals surface area contributed by atoms with Crippen LogP contribution in [0.5, 0.6) is 0 Å². The molecule has 1 amide bonds. The monoisotopic (exact) mass is 354 g/mol. The molecular formula is C19H22N4O3. The van der Waals surface area contributed by atoms with Gasteiger partial charge in [-0.1, -0.05) is 12.1 Å². The first-order chi connectivity index (χ1) is 12.5. The molecule has 0 aliphatic carbocycles. The number of para-hydroxylation sites is 1. The Morgan fingerprint density at radius 3 is 2.85 bits per heavy atom. The van der Waals surface area contributed by atoms with Crippen molar-refractivity contribution < 1.29 is 9.53 Å². The maximum Gasteiger partial charge on any atom is 0.257 e. The molecule has 0 aliphatic heterocycles. The summed E-state index contributed by atoms with van der Waals surface area (Å²) in [6.45, 7) is 5.40. The lowest BCUT2D eigenvalue weighted by atomic mass is 10.1. The molecule has 136 valence electrons. The third-order valence-electron chi connectivity index (χ3n) is 4.50. The number of benzene rings is 1. The molecule has 3 aromatic rings. The first-order valence-corrected chi connectivity index (χ1v) is 8.43. The standard InChI is InChI=1S/C19H22N4O3/c1-12-15(13(2)23(22-12)8-9-26-3)10-21-19(25)16-11-20-17-7-5-4-6-14(17)18(16)24/h4-7,11H,8-10H2,1-3H3,(H,20,24)(H,21,25). The summed E-state index contributed by atoms with van der Waals surface area (Å²) in [5.41, 5.74) is 3.32. The summed E-state index contributed by atoms with van der Waals surface area (Å²) in [5, 5.41) is 7.80. The number of nitrogens with one attached hydrogen (secondary N) is 2. The Balaban J connectivity index is 1.79. The van der Waals surface area contributed by atoms with Crippen LogP contribution >= 0.6 is 0 Å². The van der Waals surface area contributed by atoms with Crippen LogP contribution in [-0.2, 0) is 17.8 Å². The van der Waals surface area contributed by atoms with Gasteiger partial charge < -0.3 is 15.0 Å². The molecule has 26 heavy (non-hydrogen) atoms. The second-order valence-corrected chi connectivity index (χ2v) is 6.13. The molecule has 0 radical (unpaired) electrons. The van der Waals surface area contributed by atoms with Gasteiger partial charge in [0.1, 0.15) is 5.56 Å². The van der Waals surface area contributed by atoms with Gasteiger partial charge >= 0.3 is 0 Å². The fraction of sp³-hybridized carbons (Fsp3) is 0.316. The number of rotatable bonds is 6. The summed E-state index contributed by atoms with van der Waals surface area (Å²) in [7, 11) is 1.65. The van der Waals surface area contributed by atoms with E-state index in [4.69, 9.17) is 4.74 Å². The minimum Gasteiger partial charge on any atom is -0.383 e. The molecule has 0 atom stereocenters. The van der Waals surface area contributed by atoms with E-state index in [9.17, 15) is 9.59 Å². The lowest BCUT2D eigenvalue weighted by Gasteiger charge is -2.07. The second kappa shape index (κ2) is 7.53. The maximum atomic E-state index is 12.5. The van der Waals surface area contributed by atoms with Crippen molar-refractivity contribution in [2.75, 3.05) is 13.7 Å². The zero-order valence-corrected chi connectivity index (χ0v) is 15.1. The van der Waals surface area contributed by atoms with E-state index >= 15 is 0 Å². The molecule has 2 aromatic heterocycles. The predicted octanol–water partition coefficient (Wildman–Crippen LogP) is 1.92. The Kier molecular flexibility index (Phi) is 5.18. The Morgan fingerprint density at radius 2 is 2.08 bits per heavy atom. The molecule has 1 aromatic carbocycles. The first kappa shape index (κ1) is 17.9. The summed E-state index contributed by atoms with van der Waals surface area (Å²) in [4.78, 5) is 28.0. The van der Waals surface area contributed by atoms with Crippen molar-refractivity contribution in [3.63, 3.8) is 0 Å². The highest BCUT2D eigenvalue weighted by Crippen LogP contribution is 2.13. The van der Waals surface area contributed by atoms with Gasteiger partial charge in [-0.2, -0.15) is 5.10 Å². The van der Waals surface area contributed by atoms with E-state index in [1.165, 1.54) is 6.20 Å². The number of nitrogens with zero attached hydrogens (tertiary/aromatic N) is 2. The van der Waals surface area contributed by atoms with E-state index in [1.54, 1.807) is 25.3 Å². The zero-order chi connectivity index (χ0) is 18.7. The van der Waals surface area contributed by atoms with Crippen molar-refractivity contribution in [2.45, 2.75) is 26.9 Å². The fourth-order valence-electron chi connectivity index (χ4n) is 2.99. The number of hydrogen-bond donors (Lipinski definition) is 2. The largest absolute Gasteiger partial charge is 0.383 e. The summed E-state index contributed by atoms with van der Waals surface area (Å²) in [5.74, 6) is -0.402. The molecule has 0 bridgehead atoms.